The lowest BCUT2D eigenvalue weighted by Crippen LogP contribution is -2.40. The molecular formula is C15H19N3O2S2. The molecule has 0 aromatic carbocycles. The minimum absolute atomic E-state index is 0.0450. The number of morpholine rings is 1. The maximum atomic E-state index is 12.1. The van der Waals surface area contributed by atoms with Crippen LogP contribution in [-0.4, -0.2) is 36.7 Å². The lowest BCUT2D eigenvalue weighted by molar-refractivity contribution is -0.119. The first kappa shape index (κ1) is 15.6. The molecule has 118 valence electrons. The third kappa shape index (κ3) is 3.73. The average molecular weight is 337 g/mol. The van der Waals surface area contributed by atoms with Crippen molar-refractivity contribution >= 4 is 33.7 Å². The number of amides is 1. The summed E-state index contributed by atoms with van der Waals surface area (Å²) < 4.78 is 5.55. The Hall–Kier alpha value is -1.28. The number of aromatic nitrogens is 1. The molecular weight excluding hydrogens is 318 g/mol. The number of nitrogens with zero attached hydrogens (tertiary/aromatic N) is 1. The lowest BCUT2D eigenvalue weighted by Gasteiger charge is -2.22. The molecule has 7 heteroatoms. The van der Waals surface area contributed by atoms with Crippen molar-refractivity contribution < 1.29 is 9.53 Å². The smallest absolute Gasteiger partial charge is 0.228 e. The molecule has 0 saturated carbocycles. The van der Waals surface area contributed by atoms with Crippen LogP contribution in [0.5, 0.6) is 0 Å². The number of ether oxygens (including phenoxy) is 1. The molecule has 3 heterocycles. The van der Waals surface area contributed by atoms with Gasteiger partial charge in [-0.3, -0.25) is 4.79 Å². The zero-order valence-corrected chi connectivity index (χ0v) is 14.3. The number of hydrogen-bond donors (Lipinski definition) is 2. The minimum atomic E-state index is -0.0470. The first-order chi connectivity index (χ1) is 10.6. The van der Waals surface area contributed by atoms with Crippen LogP contribution < -0.4 is 10.6 Å². The van der Waals surface area contributed by atoms with Crippen molar-refractivity contribution in [2.24, 2.45) is 0 Å². The molecule has 22 heavy (non-hydrogen) atoms. The van der Waals surface area contributed by atoms with Gasteiger partial charge in [0.15, 0.2) is 5.13 Å². The highest BCUT2D eigenvalue weighted by atomic mass is 32.1. The van der Waals surface area contributed by atoms with E-state index in [0.29, 0.717) is 18.2 Å². The first-order valence-electron chi connectivity index (χ1n) is 7.28. The number of carbonyl (C=O) groups excluding carboxylic acids is 1. The highest BCUT2D eigenvalue weighted by Crippen LogP contribution is 2.34. The minimum Gasteiger partial charge on any atom is -0.375 e. The van der Waals surface area contributed by atoms with Gasteiger partial charge in [0, 0.05) is 22.8 Å². The fraction of sp³-hybridized carbons (Fsp3) is 0.467. The molecule has 0 bridgehead atoms. The van der Waals surface area contributed by atoms with Crippen LogP contribution >= 0.6 is 22.7 Å². The quantitative estimate of drug-likeness (QED) is 0.900. The Morgan fingerprint density at radius 1 is 1.45 bits per heavy atom. The second kappa shape index (κ2) is 6.87. The topological polar surface area (TPSA) is 63.2 Å². The SMILES string of the molecule is Cc1ccc(-c2nc(NC(=O)CC3CNCCO3)sc2C)s1. The van der Waals surface area contributed by atoms with Crippen molar-refractivity contribution in [1.29, 1.82) is 0 Å². The standard InChI is InChI=1S/C15H19N3O2S2/c1-9-3-4-12(21-9)14-10(2)22-15(18-14)17-13(19)7-11-8-16-5-6-20-11/h3-4,11,16H,5-8H2,1-2H3,(H,17,18,19). The van der Waals surface area contributed by atoms with E-state index < -0.39 is 0 Å². The van der Waals surface area contributed by atoms with Crippen LogP contribution in [0.2, 0.25) is 0 Å². The van der Waals surface area contributed by atoms with E-state index in [4.69, 9.17) is 4.74 Å². The molecule has 2 aromatic heterocycles. The van der Waals surface area contributed by atoms with E-state index in [1.54, 1.807) is 11.3 Å². The Bertz CT molecular complexity index is 660. The molecule has 0 spiro atoms. The molecule has 2 N–H and O–H groups in total. The summed E-state index contributed by atoms with van der Waals surface area (Å²) in [5.41, 5.74) is 0.967. The number of thiazole rings is 1. The number of nitrogens with one attached hydrogen (secondary N) is 2. The van der Waals surface area contributed by atoms with Crippen molar-refractivity contribution in [1.82, 2.24) is 10.3 Å². The van der Waals surface area contributed by atoms with Crippen LogP contribution in [0.25, 0.3) is 10.6 Å². The summed E-state index contributed by atoms with van der Waals surface area (Å²) in [6.07, 6.45) is 0.313. The van der Waals surface area contributed by atoms with Gasteiger partial charge in [-0.1, -0.05) is 0 Å². The fourth-order valence-electron chi connectivity index (χ4n) is 2.37. The van der Waals surface area contributed by atoms with Crippen molar-refractivity contribution in [3.05, 3.63) is 21.9 Å². The summed E-state index contributed by atoms with van der Waals surface area (Å²) in [5, 5.41) is 6.78. The largest absolute Gasteiger partial charge is 0.375 e. The molecule has 1 unspecified atom stereocenters. The van der Waals surface area contributed by atoms with Crippen molar-refractivity contribution in [3.63, 3.8) is 0 Å². The average Bonchev–Trinajstić information content (AvgIpc) is 3.06. The van der Waals surface area contributed by atoms with E-state index in [0.717, 1.165) is 28.5 Å². The highest BCUT2D eigenvalue weighted by Gasteiger charge is 2.19. The van der Waals surface area contributed by atoms with Crippen LogP contribution in [0.15, 0.2) is 12.1 Å². The highest BCUT2D eigenvalue weighted by molar-refractivity contribution is 7.18. The van der Waals surface area contributed by atoms with Crippen LogP contribution in [0.4, 0.5) is 5.13 Å². The number of aryl methyl sites for hydroxylation is 2. The maximum absolute atomic E-state index is 12.1. The summed E-state index contributed by atoms with van der Waals surface area (Å²) in [7, 11) is 0. The number of carbonyl (C=O) groups is 1. The summed E-state index contributed by atoms with van der Waals surface area (Å²) >= 11 is 3.23. The number of thiophene rings is 1. The van der Waals surface area contributed by atoms with Gasteiger partial charge in [0.2, 0.25) is 5.91 Å². The molecule has 5 nitrogen and oxygen atoms in total. The van der Waals surface area contributed by atoms with E-state index in [2.05, 4.69) is 34.7 Å². The Kier molecular flexibility index (Phi) is 4.87. The molecule has 1 aliphatic rings. The number of rotatable bonds is 4. The van der Waals surface area contributed by atoms with Crippen molar-refractivity contribution in [2.75, 3.05) is 25.0 Å². The van der Waals surface area contributed by atoms with Crippen LogP contribution in [-0.2, 0) is 9.53 Å². The van der Waals surface area contributed by atoms with Gasteiger partial charge in [0.25, 0.3) is 0 Å². The molecule has 1 amide bonds. The third-order valence-corrected chi connectivity index (χ3v) is 5.33. The van der Waals surface area contributed by atoms with Crippen LogP contribution in [0.1, 0.15) is 16.2 Å². The van der Waals surface area contributed by atoms with Gasteiger partial charge in [0.1, 0.15) is 0 Å². The van der Waals surface area contributed by atoms with Gasteiger partial charge in [-0.2, -0.15) is 0 Å². The van der Waals surface area contributed by atoms with Crippen molar-refractivity contribution in [2.45, 2.75) is 26.4 Å². The molecule has 2 aromatic rings. The van der Waals surface area contributed by atoms with E-state index in [1.165, 1.54) is 16.2 Å². The molecule has 1 fully saturated rings. The third-order valence-electron chi connectivity index (χ3n) is 3.43. The lowest BCUT2D eigenvalue weighted by atomic mass is 10.2. The number of anilines is 1. The molecule has 1 saturated heterocycles. The molecule has 0 radical (unpaired) electrons. The van der Waals surface area contributed by atoms with E-state index in [1.807, 2.05) is 6.92 Å². The Morgan fingerprint density at radius 2 is 2.32 bits per heavy atom. The Morgan fingerprint density at radius 3 is 3.00 bits per heavy atom. The van der Waals surface area contributed by atoms with E-state index >= 15 is 0 Å². The Labute approximate surface area is 137 Å². The van der Waals surface area contributed by atoms with Gasteiger partial charge in [-0.25, -0.2) is 4.98 Å². The van der Waals surface area contributed by atoms with Crippen molar-refractivity contribution in [3.8, 4) is 10.6 Å². The normalized spacial score (nSPS) is 18.4. The summed E-state index contributed by atoms with van der Waals surface area (Å²) in [6.45, 7) is 6.36. The summed E-state index contributed by atoms with van der Waals surface area (Å²) in [4.78, 5) is 20.2. The summed E-state index contributed by atoms with van der Waals surface area (Å²) in [5.74, 6) is -0.0450. The second-order valence-electron chi connectivity index (χ2n) is 5.28. The van der Waals surface area contributed by atoms with Gasteiger partial charge < -0.3 is 15.4 Å². The molecule has 1 aliphatic heterocycles. The zero-order chi connectivity index (χ0) is 15.5. The zero-order valence-electron chi connectivity index (χ0n) is 12.6. The van der Waals surface area contributed by atoms with Gasteiger partial charge in [0.05, 0.1) is 29.7 Å². The molecule has 3 rings (SSSR count). The van der Waals surface area contributed by atoms with Crippen LogP contribution in [0, 0.1) is 13.8 Å². The van der Waals surface area contributed by atoms with Gasteiger partial charge in [-0.15, -0.1) is 22.7 Å². The van der Waals surface area contributed by atoms with Gasteiger partial charge >= 0.3 is 0 Å². The Balaban J connectivity index is 1.64. The number of hydrogen-bond acceptors (Lipinski definition) is 6. The monoisotopic (exact) mass is 337 g/mol. The maximum Gasteiger partial charge on any atom is 0.228 e. The molecule has 0 aliphatic carbocycles. The van der Waals surface area contributed by atoms with E-state index in [-0.39, 0.29) is 12.0 Å². The molecule has 1 atom stereocenters. The second-order valence-corrected chi connectivity index (χ2v) is 7.77. The predicted molar refractivity (Wildman–Crippen MR) is 90.8 cm³/mol. The van der Waals surface area contributed by atoms with Crippen LogP contribution in [0.3, 0.4) is 0 Å². The van der Waals surface area contributed by atoms with Gasteiger partial charge in [-0.05, 0) is 26.0 Å². The predicted octanol–water partition coefficient (Wildman–Crippen LogP) is 2.81. The first-order valence-corrected chi connectivity index (χ1v) is 8.91. The van der Waals surface area contributed by atoms with E-state index in [9.17, 15) is 4.79 Å². The summed E-state index contributed by atoms with van der Waals surface area (Å²) in [6, 6.07) is 4.17. The fourth-order valence-corrected chi connectivity index (χ4v) is 4.19.